The van der Waals surface area contributed by atoms with E-state index in [-0.39, 0.29) is 0 Å². The molecule has 10 rings (SSSR count). The first-order valence-electron chi connectivity index (χ1n) is 15.9. The summed E-state index contributed by atoms with van der Waals surface area (Å²) in [4.78, 5) is 2.45. The topological polar surface area (TPSA) is 3.24 Å². The lowest BCUT2D eigenvalue weighted by atomic mass is 9.93. The Morgan fingerprint density at radius 1 is 0.362 bits per heavy atom. The minimum absolute atomic E-state index is 1.14. The van der Waals surface area contributed by atoms with E-state index in [0.29, 0.717) is 0 Å². The van der Waals surface area contributed by atoms with Gasteiger partial charge in [-0.25, -0.2) is 0 Å². The molecule has 0 aliphatic carbocycles. The smallest absolute Gasteiger partial charge is 0.0554 e. The van der Waals surface area contributed by atoms with E-state index >= 15 is 0 Å². The Bertz CT molecular complexity index is 2800. The van der Waals surface area contributed by atoms with Crippen LogP contribution in [-0.2, 0) is 0 Å². The molecule has 47 heavy (non-hydrogen) atoms. The molecule has 0 N–H and O–H groups in total. The summed E-state index contributed by atoms with van der Waals surface area (Å²) in [6, 6.07) is 60.2. The normalized spacial score (nSPS) is 11.8. The first-order valence-corrected chi connectivity index (χ1v) is 17.6. The molecule has 0 aliphatic heterocycles. The van der Waals surface area contributed by atoms with Gasteiger partial charge >= 0.3 is 0 Å². The van der Waals surface area contributed by atoms with Gasteiger partial charge in [-0.2, -0.15) is 0 Å². The summed E-state index contributed by atoms with van der Waals surface area (Å²) >= 11 is 3.73. The van der Waals surface area contributed by atoms with Crippen LogP contribution in [0.3, 0.4) is 0 Å². The zero-order valence-corrected chi connectivity index (χ0v) is 27.0. The average Bonchev–Trinajstić information content (AvgIpc) is 3.70. The Balaban J connectivity index is 1.19. The lowest BCUT2D eigenvalue weighted by Crippen LogP contribution is -2.10. The fourth-order valence-corrected chi connectivity index (χ4v) is 9.57. The van der Waals surface area contributed by atoms with Gasteiger partial charge in [0.2, 0.25) is 0 Å². The van der Waals surface area contributed by atoms with E-state index in [0.717, 1.165) is 11.4 Å². The van der Waals surface area contributed by atoms with Crippen LogP contribution in [-0.4, -0.2) is 0 Å². The number of rotatable bonds is 4. The molecule has 0 saturated heterocycles. The highest BCUT2D eigenvalue weighted by molar-refractivity contribution is 7.26. The highest BCUT2D eigenvalue weighted by atomic mass is 32.1. The van der Waals surface area contributed by atoms with Gasteiger partial charge in [0.1, 0.15) is 0 Å². The van der Waals surface area contributed by atoms with E-state index in [1.165, 1.54) is 78.7 Å². The molecule has 0 bridgehead atoms. The molecule has 0 amide bonds. The molecule has 220 valence electrons. The standard InChI is InChI=1S/C44H27NS2/c1-2-11-32-29(10-1)26-38(34-13-4-3-12-33(32)34)28-20-22-30(23-21-28)45(31-24-25-36-35-14-5-7-17-40(35)47-43(36)27-31)39-16-9-19-42-44(39)37-15-6-8-18-41(37)46-42/h1-27H. The first kappa shape index (κ1) is 26.7. The molecule has 0 aliphatic rings. The van der Waals surface area contributed by atoms with Gasteiger partial charge in [0.05, 0.1) is 5.69 Å². The summed E-state index contributed by atoms with van der Waals surface area (Å²) in [5, 5.41) is 10.4. The summed E-state index contributed by atoms with van der Waals surface area (Å²) in [6.07, 6.45) is 0. The molecule has 0 unspecified atom stereocenters. The van der Waals surface area contributed by atoms with Crippen molar-refractivity contribution in [2.75, 3.05) is 4.90 Å². The van der Waals surface area contributed by atoms with Crippen LogP contribution < -0.4 is 4.90 Å². The van der Waals surface area contributed by atoms with Crippen LogP contribution in [0, 0.1) is 0 Å². The molecule has 3 heteroatoms. The van der Waals surface area contributed by atoms with E-state index < -0.39 is 0 Å². The van der Waals surface area contributed by atoms with Gasteiger partial charge in [-0.1, -0.05) is 109 Å². The number of hydrogen-bond acceptors (Lipinski definition) is 3. The number of benzene rings is 8. The SMILES string of the molecule is c1ccc2c(c1)cc(-c1ccc(N(c3ccc4c(c3)sc3ccccc34)c3cccc4sc5ccccc5c34)cc1)c1ccccc12. The summed E-state index contributed by atoms with van der Waals surface area (Å²) in [6.45, 7) is 0. The Morgan fingerprint density at radius 3 is 1.79 bits per heavy atom. The van der Waals surface area contributed by atoms with Crippen molar-refractivity contribution in [1.82, 2.24) is 0 Å². The third-order valence-electron chi connectivity index (χ3n) is 9.45. The Morgan fingerprint density at radius 2 is 0.957 bits per heavy atom. The van der Waals surface area contributed by atoms with E-state index in [1.807, 2.05) is 22.7 Å². The van der Waals surface area contributed by atoms with Gasteiger partial charge < -0.3 is 4.90 Å². The number of thiophene rings is 2. The molecule has 10 aromatic rings. The Labute approximate surface area is 280 Å². The van der Waals surface area contributed by atoms with Gasteiger partial charge in [0, 0.05) is 51.7 Å². The lowest BCUT2D eigenvalue weighted by molar-refractivity contribution is 1.31. The van der Waals surface area contributed by atoms with Crippen molar-refractivity contribution in [3.8, 4) is 11.1 Å². The fourth-order valence-electron chi connectivity index (χ4n) is 7.31. The number of fused-ring (bicyclic) bond motifs is 9. The van der Waals surface area contributed by atoms with Crippen molar-refractivity contribution < 1.29 is 0 Å². The van der Waals surface area contributed by atoms with Crippen LogP contribution in [0.4, 0.5) is 17.1 Å². The molecular formula is C44H27NS2. The highest BCUT2D eigenvalue weighted by Crippen LogP contribution is 2.47. The molecule has 0 radical (unpaired) electrons. The molecule has 0 saturated carbocycles. The predicted molar refractivity (Wildman–Crippen MR) is 207 cm³/mol. The second kappa shape index (κ2) is 10.5. The molecule has 0 fully saturated rings. The molecule has 8 aromatic carbocycles. The number of hydrogen-bond donors (Lipinski definition) is 0. The zero-order valence-electron chi connectivity index (χ0n) is 25.4. The predicted octanol–water partition coefficient (Wildman–Crippen LogP) is 13.9. The maximum Gasteiger partial charge on any atom is 0.0554 e. The average molecular weight is 634 g/mol. The number of anilines is 3. The largest absolute Gasteiger partial charge is 0.310 e. The van der Waals surface area contributed by atoms with Gasteiger partial charge in [-0.15, -0.1) is 22.7 Å². The third kappa shape index (κ3) is 4.21. The quantitative estimate of drug-likeness (QED) is 0.174. The van der Waals surface area contributed by atoms with Crippen molar-refractivity contribution in [3.63, 3.8) is 0 Å². The summed E-state index contributed by atoms with van der Waals surface area (Å²) in [5.41, 5.74) is 5.98. The minimum atomic E-state index is 1.14. The lowest BCUT2D eigenvalue weighted by Gasteiger charge is -2.27. The van der Waals surface area contributed by atoms with E-state index in [2.05, 4.69) is 169 Å². The van der Waals surface area contributed by atoms with Crippen LogP contribution >= 0.6 is 22.7 Å². The van der Waals surface area contributed by atoms with Crippen molar-refractivity contribution >= 4 is 102 Å². The molecule has 2 heterocycles. The molecule has 0 atom stereocenters. The van der Waals surface area contributed by atoms with Crippen molar-refractivity contribution in [2.45, 2.75) is 0 Å². The van der Waals surface area contributed by atoms with E-state index in [9.17, 15) is 0 Å². The molecule has 2 aromatic heterocycles. The van der Waals surface area contributed by atoms with E-state index in [1.54, 1.807) is 0 Å². The Kier molecular flexibility index (Phi) is 5.98. The monoisotopic (exact) mass is 633 g/mol. The van der Waals surface area contributed by atoms with Crippen LogP contribution in [0.2, 0.25) is 0 Å². The van der Waals surface area contributed by atoms with Crippen LogP contribution in [0.25, 0.3) is 73.0 Å². The second-order valence-electron chi connectivity index (χ2n) is 12.1. The zero-order chi connectivity index (χ0) is 30.9. The van der Waals surface area contributed by atoms with Gasteiger partial charge in [0.15, 0.2) is 0 Å². The number of nitrogens with zero attached hydrogens (tertiary/aromatic N) is 1. The fraction of sp³-hybridized carbons (Fsp3) is 0. The van der Waals surface area contributed by atoms with Crippen LogP contribution in [0.5, 0.6) is 0 Å². The van der Waals surface area contributed by atoms with Gasteiger partial charge in [-0.05, 0) is 87.3 Å². The van der Waals surface area contributed by atoms with Gasteiger partial charge in [0.25, 0.3) is 0 Å². The second-order valence-corrected chi connectivity index (χ2v) is 14.3. The van der Waals surface area contributed by atoms with Crippen molar-refractivity contribution in [1.29, 1.82) is 0 Å². The first-order chi connectivity index (χ1) is 23.3. The molecular weight excluding hydrogens is 607 g/mol. The highest BCUT2D eigenvalue weighted by Gasteiger charge is 2.20. The summed E-state index contributed by atoms with van der Waals surface area (Å²) in [5.74, 6) is 0. The maximum atomic E-state index is 2.45. The van der Waals surface area contributed by atoms with Crippen LogP contribution in [0.1, 0.15) is 0 Å². The summed E-state index contributed by atoms with van der Waals surface area (Å²) < 4.78 is 5.24. The molecule has 0 spiro atoms. The third-order valence-corrected chi connectivity index (χ3v) is 11.7. The van der Waals surface area contributed by atoms with Crippen molar-refractivity contribution in [2.24, 2.45) is 0 Å². The minimum Gasteiger partial charge on any atom is -0.310 e. The molecule has 1 nitrogen and oxygen atoms in total. The van der Waals surface area contributed by atoms with E-state index in [4.69, 9.17) is 0 Å². The van der Waals surface area contributed by atoms with Crippen molar-refractivity contribution in [3.05, 3.63) is 164 Å². The maximum absolute atomic E-state index is 2.45. The van der Waals surface area contributed by atoms with Gasteiger partial charge in [-0.3, -0.25) is 0 Å². The Hall–Kier alpha value is -5.48. The van der Waals surface area contributed by atoms with Crippen LogP contribution in [0.15, 0.2) is 164 Å². The summed E-state index contributed by atoms with van der Waals surface area (Å²) in [7, 11) is 0.